The molecule has 10 heteroatoms. The van der Waals surface area contributed by atoms with Crippen LogP contribution < -0.4 is 4.72 Å². The van der Waals surface area contributed by atoms with Crippen LogP contribution in [0, 0.1) is 5.82 Å². The fraction of sp³-hybridized carbons (Fsp3) is 0.143. The molecule has 0 heterocycles. The van der Waals surface area contributed by atoms with E-state index in [-0.39, 0.29) is 20.5 Å². The lowest BCUT2D eigenvalue weighted by Gasteiger charge is -2.13. The second kappa shape index (κ2) is 6.67. The van der Waals surface area contributed by atoms with Gasteiger partial charge in [0.05, 0.1) is 20.5 Å². The van der Waals surface area contributed by atoms with Crippen LogP contribution in [-0.2, 0) is 20.0 Å². The molecule has 2 rings (SSSR count). The zero-order valence-electron chi connectivity index (χ0n) is 12.7. The Morgan fingerprint density at radius 2 is 1.50 bits per heavy atom. The zero-order chi connectivity index (χ0) is 18.1. The van der Waals surface area contributed by atoms with Crippen molar-refractivity contribution in [3.8, 4) is 0 Å². The Labute approximate surface area is 145 Å². The summed E-state index contributed by atoms with van der Waals surface area (Å²) >= 11 is 5.79. The van der Waals surface area contributed by atoms with Gasteiger partial charge in [-0.1, -0.05) is 11.6 Å². The molecule has 130 valence electrons. The molecule has 0 saturated carbocycles. The monoisotopic (exact) mass is 392 g/mol. The van der Waals surface area contributed by atoms with Gasteiger partial charge in [0.2, 0.25) is 10.0 Å². The molecule has 0 radical (unpaired) electrons. The van der Waals surface area contributed by atoms with Crippen LogP contribution in [0.5, 0.6) is 0 Å². The van der Waals surface area contributed by atoms with Crippen LogP contribution in [0.15, 0.2) is 52.3 Å². The van der Waals surface area contributed by atoms with E-state index in [4.69, 9.17) is 11.6 Å². The van der Waals surface area contributed by atoms with Crippen molar-refractivity contribution in [2.75, 3.05) is 18.8 Å². The molecule has 2 aromatic rings. The second-order valence-electron chi connectivity index (χ2n) is 4.99. The van der Waals surface area contributed by atoms with Crippen molar-refractivity contribution in [3.05, 3.63) is 53.3 Å². The summed E-state index contributed by atoms with van der Waals surface area (Å²) in [6.45, 7) is 0. The van der Waals surface area contributed by atoms with Crippen molar-refractivity contribution in [2.45, 2.75) is 9.79 Å². The summed E-state index contributed by atoms with van der Waals surface area (Å²) in [5, 5.41) is -0.0922. The van der Waals surface area contributed by atoms with Crippen LogP contribution in [0.2, 0.25) is 5.02 Å². The fourth-order valence-corrected chi connectivity index (χ4v) is 4.03. The second-order valence-corrected chi connectivity index (χ2v) is 9.23. The number of nitrogens with zero attached hydrogens (tertiary/aromatic N) is 1. The SMILES string of the molecule is CN(C)S(=O)(=O)c1ccc(S(=O)(=O)Nc2ccc(F)cc2Cl)cc1. The van der Waals surface area contributed by atoms with E-state index < -0.39 is 25.9 Å². The lowest BCUT2D eigenvalue weighted by atomic mass is 10.3. The van der Waals surface area contributed by atoms with Crippen LogP contribution in [0.1, 0.15) is 0 Å². The number of rotatable bonds is 5. The van der Waals surface area contributed by atoms with E-state index in [0.29, 0.717) is 0 Å². The molecule has 0 spiro atoms. The van der Waals surface area contributed by atoms with Gasteiger partial charge >= 0.3 is 0 Å². The molecule has 1 N–H and O–H groups in total. The van der Waals surface area contributed by atoms with E-state index in [1.54, 1.807) is 0 Å². The Hall–Kier alpha value is -1.68. The van der Waals surface area contributed by atoms with E-state index in [9.17, 15) is 21.2 Å². The summed E-state index contributed by atoms with van der Waals surface area (Å²) in [6.07, 6.45) is 0. The molecular weight excluding hydrogens is 379 g/mol. The third-order valence-electron chi connectivity index (χ3n) is 3.09. The molecule has 0 aliphatic carbocycles. The number of nitrogens with one attached hydrogen (secondary N) is 1. The van der Waals surface area contributed by atoms with E-state index in [1.807, 2.05) is 0 Å². The first-order chi connectivity index (χ1) is 11.0. The van der Waals surface area contributed by atoms with Crippen LogP contribution in [0.3, 0.4) is 0 Å². The molecule has 0 atom stereocenters. The van der Waals surface area contributed by atoms with Gasteiger partial charge in [0.25, 0.3) is 10.0 Å². The number of benzene rings is 2. The quantitative estimate of drug-likeness (QED) is 0.847. The topological polar surface area (TPSA) is 83.6 Å². The van der Waals surface area contributed by atoms with Crippen LogP contribution in [0.4, 0.5) is 10.1 Å². The number of anilines is 1. The summed E-state index contributed by atoms with van der Waals surface area (Å²) in [5.41, 5.74) is 0.0167. The Balaban J connectivity index is 2.33. The summed E-state index contributed by atoms with van der Waals surface area (Å²) in [5.74, 6) is -0.596. The molecule has 0 saturated heterocycles. The highest BCUT2D eigenvalue weighted by molar-refractivity contribution is 7.92. The molecule has 24 heavy (non-hydrogen) atoms. The third-order valence-corrected chi connectivity index (χ3v) is 6.61. The van der Waals surface area contributed by atoms with Gasteiger partial charge in [-0.3, -0.25) is 4.72 Å². The molecule has 0 fully saturated rings. The number of sulfonamides is 2. The largest absolute Gasteiger partial charge is 0.278 e. The van der Waals surface area contributed by atoms with Crippen LogP contribution >= 0.6 is 11.6 Å². The van der Waals surface area contributed by atoms with Gasteiger partial charge in [0.15, 0.2) is 0 Å². The summed E-state index contributed by atoms with van der Waals surface area (Å²) in [7, 11) is -4.90. The average molecular weight is 393 g/mol. The summed E-state index contributed by atoms with van der Waals surface area (Å²) < 4.78 is 64.8. The Kier molecular flexibility index (Phi) is 5.19. The van der Waals surface area contributed by atoms with Gasteiger partial charge in [-0.05, 0) is 42.5 Å². The minimum absolute atomic E-state index is 0.0167. The predicted molar refractivity (Wildman–Crippen MR) is 89.5 cm³/mol. The standard InChI is InChI=1S/C14H14ClFN2O4S2/c1-18(2)24(21,22)12-6-4-11(5-7-12)23(19,20)17-14-8-3-10(16)9-13(14)15/h3-9,17H,1-2H3. The van der Waals surface area contributed by atoms with Crippen LogP contribution in [-0.4, -0.2) is 35.2 Å². The molecular formula is C14H14ClFN2O4S2. The number of hydrogen-bond acceptors (Lipinski definition) is 4. The lowest BCUT2D eigenvalue weighted by molar-refractivity contribution is 0.520. The summed E-state index contributed by atoms with van der Waals surface area (Å²) in [4.78, 5) is -0.188. The van der Waals surface area contributed by atoms with E-state index in [2.05, 4.69) is 4.72 Å². The van der Waals surface area contributed by atoms with Crippen molar-refractivity contribution in [1.29, 1.82) is 0 Å². The maximum Gasteiger partial charge on any atom is 0.261 e. The lowest BCUT2D eigenvalue weighted by Crippen LogP contribution is -2.22. The van der Waals surface area contributed by atoms with Crippen molar-refractivity contribution < 1.29 is 21.2 Å². The van der Waals surface area contributed by atoms with Gasteiger partial charge in [-0.2, -0.15) is 0 Å². The maximum atomic E-state index is 13.0. The maximum absolute atomic E-state index is 13.0. The van der Waals surface area contributed by atoms with Gasteiger partial charge in [-0.25, -0.2) is 25.5 Å². The molecule has 0 amide bonds. The first kappa shape index (κ1) is 18.7. The van der Waals surface area contributed by atoms with Crippen molar-refractivity contribution in [2.24, 2.45) is 0 Å². The minimum Gasteiger partial charge on any atom is -0.278 e. The van der Waals surface area contributed by atoms with Crippen molar-refractivity contribution >= 4 is 37.3 Å². The first-order valence-corrected chi connectivity index (χ1v) is 9.84. The highest BCUT2D eigenvalue weighted by atomic mass is 35.5. The molecule has 0 aromatic heterocycles. The highest BCUT2D eigenvalue weighted by Gasteiger charge is 2.20. The Morgan fingerprint density at radius 3 is 2.00 bits per heavy atom. The average Bonchev–Trinajstić information content (AvgIpc) is 2.50. The molecule has 2 aromatic carbocycles. The molecule has 0 aliphatic rings. The van der Waals surface area contributed by atoms with Gasteiger partial charge in [0.1, 0.15) is 5.82 Å². The number of halogens is 2. The van der Waals surface area contributed by atoms with E-state index >= 15 is 0 Å². The van der Waals surface area contributed by atoms with Gasteiger partial charge in [-0.15, -0.1) is 0 Å². The third kappa shape index (κ3) is 3.86. The minimum atomic E-state index is -4.00. The normalized spacial score (nSPS) is 12.4. The Morgan fingerprint density at radius 1 is 0.958 bits per heavy atom. The van der Waals surface area contributed by atoms with E-state index in [1.165, 1.54) is 32.3 Å². The Bertz CT molecular complexity index is 959. The fourth-order valence-electron chi connectivity index (χ4n) is 1.78. The number of hydrogen-bond donors (Lipinski definition) is 1. The van der Waals surface area contributed by atoms with Crippen LogP contribution in [0.25, 0.3) is 0 Å². The molecule has 0 bridgehead atoms. The summed E-state index contributed by atoms with van der Waals surface area (Å²) in [6, 6.07) is 7.95. The first-order valence-electron chi connectivity index (χ1n) is 6.54. The molecule has 0 unspecified atom stereocenters. The van der Waals surface area contributed by atoms with Gasteiger partial charge in [0, 0.05) is 14.1 Å². The highest BCUT2D eigenvalue weighted by Crippen LogP contribution is 2.26. The molecule has 6 nitrogen and oxygen atoms in total. The van der Waals surface area contributed by atoms with E-state index in [0.717, 1.165) is 28.6 Å². The zero-order valence-corrected chi connectivity index (χ0v) is 15.1. The smallest absolute Gasteiger partial charge is 0.261 e. The van der Waals surface area contributed by atoms with Crippen molar-refractivity contribution in [1.82, 2.24) is 4.31 Å². The van der Waals surface area contributed by atoms with Gasteiger partial charge < -0.3 is 0 Å². The van der Waals surface area contributed by atoms with Crippen molar-refractivity contribution in [3.63, 3.8) is 0 Å². The molecule has 0 aliphatic heterocycles. The predicted octanol–water partition coefficient (Wildman–Crippen LogP) is 2.53.